The Hall–Kier alpha value is -1.59. The average Bonchev–Trinajstić information content (AvgIpc) is 2.41. The maximum atomic E-state index is 11.9. The number of morpholine rings is 1. The molecule has 0 spiro atoms. The summed E-state index contributed by atoms with van der Waals surface area (Å²) in [6.45, 7) is 5.74. The van der Waals surface area contributed by atoms with Crippen molar-refractivity contribution < 1.29 is 14.3 Å². The average molecular weight is 264 g/mol. The van der Waals surface area contributed by atoms with Gasteiger partial charge in [-0.15, -0.1) is 0 Å². The molecular weight excluding hydrogens is 244 g/mol. The van der Waals surface area contributed by atoms with Crippen LogP contribution in [0.15, 0.2) is 24.3 Å². The number of anilines is 1. The smallest absolute Gasteiger partial charge is 0.243 e. The van der Waals surface area contributed by atoms with Crippen molar-refractivity contribution in [3.8, 4) is 5.75 Å². The zero-order chi connectivity index (χ0) is 13.7. The van der Waals surface area contributed by atoms with Gasteiger partial charge in [-0.05, 0) is 38.1 Å². The Morgan fingerprint density at radius 1 is 1.42 bits per heavy atom. The summed E-state index contributed by atoms with van der Waals surface area (Å²) in [7, 11) is 0. The van der Waals surface area contributed by atoms with Crippen molar-refractivity contribution in [1.82, 2.24) is 5.32 Å². The van der Waals surface area contributed by atoms with E-state index in [0.717, 1.165) is 11.4 Å². The maximum Gasteiger partial charge on any atom is 0.243 e. The van der Waals surface area contributed by atoms with Gasteiger partial charge in [0.2, 0.25) is 5.91 Å². The van der Waals surface area contributed by atoms with Crippen LogP contribution in [-0.4, -0.2) is 37.8 Å². The summed E-state index contributed by atoms with van der Waals surface area (Å²) < 4.78 is 10.8. The molecule has 19 heavy (non-hydrogen) atoms. The predicted molar refractivity (Wildman–Crippen MR) is 73.4 cm³/mol. The Kier molecular flexibility index (Phi) is 4.76. The number of nitrogens with one attached hydrogen (secondary N) is 2. The van der Waals surface area contributed by atoms with E-state index in [4.69, 9.17) is 9.47 Å². The summed E-state index contributed by atoms with van der Waals surface area (Å²) in [5.41, 5.74) is 0.758. The Morgan fingerprint density at radius 3 is 2.74 bits per heavy atom. The Bertz CT molecular complexity index is 411. The van der Waals surface area contributed by atoms with Crippen molar-refractivity contribution in [3.05, 3.63) is 24.3 Å². The van der Waals surface area contributed by atoms with Gasteiger partial charge < -0.3 is 20.1 Å². The second-order valence-electron chi connectivity index (χ2n) is 4.76. The van der Waals surface area contributed by atoms with Crippen LogP contribution in [0, 0.1) is 0 Å². The molecule has 0 aromatic heterocycles. The van der Waals surface area contributed by atoms with Crippen molar-refractivity contribution in [2.75, 3.05) is 25.1 Å². The van der Waals surface area contributed by atoms with E-state index < -0.39 is 0 Å². The number of ether oxygens (including phenoxy) is 2. The molecule has 1 aliphatic rings. The lowest BCUT2D eigenvalue weighted by atomic mass is 10.2. The highest BCUT2D eigenvalue weighted by Gasteiger charge is 2.20. The molecule has 2 N–H and O–H groups in total. The number of hydrogen-bond donors (Lipinski definition) is 2. The number of carbonyl (C=O) groups excluding carboxylic acids is 1. The Labute approximate surface area is 113 Å². The first-order chi connectivity index (χ1) is 9.15. The maximum absolute atomic E-state index is 11.9. The lowest BCUT2D eigenvalue weighted by Gasteiger charge is -2.22. The molecule has 1 aliphatic heterocycles. The van der Waals surface area contributed by atoms with Gasteiger partial charge in [-0.3, -0.25) is 4.79 Å². The summed E-state index contributed by atoms with van der Waals surface area (Å²) in [4.78, 5) is 11.9. The van der Waals surface area contributed by atoms with Crippen molar-refractivity contribution in [2.45, 2.75) is 26.0 Å². The first-order valence-corrected chi connectivity index (χ1v) is 6.54. The molecule has 0 radical (unpaired) electrons. The third-order valence-electron chi connectivity index (χ3n) is 2.73. The summed E-state index contributed by atoms with van der Waals surface area (Å²) in [5, 5.41) is 5.97. The molecule has 1 saturated heterocycles. The van der Waals surface area contributed by atoms with E-state index in [9.17, 15) is 4.79 Å². The third kappa shape index (κ3) is 4.22. The normalized spacial score (nSPS) is 19.2. The monoisotopic (exact) mass is 264 g/mol. The van der Waals surface area contributed by atoms with Crippen LogP contribution in [0.4, 0.5) is 5.69 Å². The van der Waals surface area contributed by atoms with Crippen LogP contribution in [0.1, 0.15) is 13.8 Å². The van der Waals surface area contributed by atoms with Crippen molar-refractivity contribution in [3.63, 3.8) is 0 Å². The largest absolute Gasteiger partial charge is 0.491 e. The van der Waals surface area contributed by atoms with Gasteiger partial charge in [0.15, 0.2) is 0 Å². The minimum atomic E-state index is -0.277. The SMILES string of the molecule is CC(C)Oc1ccc(NC(=O)C2COCCN2)cc1. The fraction of sp³-hybridized carbons (Fsp3) is 0.500. The van der Waals surface area contributed by atoms with Gasteiger partial charge in [-0.25, -0.2) is 0 Å². The van der Waals surface area contributed by atoms with Crippen LogP contribution in [0.3, 0.4) is 0 Å². The zero-order valence-electron chi connectivity index (χ0n) is 11.3. The molecule has 1 atom stereocenters. The van der Waals surface area contributed by atoms with E-state index in [1.54, 1.807) is 0 Å². The molecule has 1 aromatic carbocycles. The molecular formula is C14H20N2O3. The van der Waals surface area contributed by atoms with Gasteiger partial charge in [0.05, 0.1) is 19.3 Å². The molecule has 1 unspecified atom stereocenters. The Balaban J connectivity index is 1.89. The zero-order valence-corrected chi connectivity index (χ0v) is 11.3. The Morgan fingerprint density at radius 2 is 2.16 bits per heavy atom. The fourth-order valence-corrected chi connectivity index (χ4v) is 1.85. The summed E-state index contributed by atoms with van der Waals surface area (Å²) in [6.07, 6.45) is 0.143. The van der Waals surface area contributed by atoms with Gasteiger partial charge in [-0.1, -0.05) is 0 Å². The number of amides is 1. The first-order valence-electron chi connectivity index (χ1n) is 6.54. The van der Waals surface area contributed by atoms with E-state index >= 15 is 0 Å². The molecule has 2 rings (SSSR count). The van der Waals surface area contributed by atoms with Crippen LogP contribution >= 0.6 is 0 Å². The highest BCUT2D eigenvalue weighted by atomic mass is 16.5. The second-order valence-corrected chi connectivity index (χ2v) is 4.76. The topological polar surface area (TPSA) is 59.6 Å². The van der Waals surface area contributed by atoms with E-state index in [2.05, 4.69) is 10.6 Å². The molecule has 1 aromatic rings. The van der Waals surface area contributed by atoms with Crippen molar-refractivity contribution >= 4 is 11.6 Å². The van der Waals surface area contributed by atoms with Crippen LogP contribution in [-0.2, 0) is 9.53 Å². The van der Waals surface area contributed by atoms with Crippen LogP contribution in [0.25, 0.3) is 0 Å². The predicted octanol–water partition coefficient (Wildman–Crippen LogP) is 1.40. The number of benzene rings is 1. The molecule has 104 valence electrons. The lowest BCUT2D eigenvalue weighted by Crippen LogP contribution is -2.48. The van der Waals surface area contributed by atoms with E-state index in [0.29, 0.717) is 19.8 Å². The molecule has 0 bridgehead atoms. The molecule has 1 amide bonds. The highest BCUT2D eigenvalue weighted by Crippen LogP contribution is 2.17. The first kappa shape index (κ1) is 13.8. The van der Waals surface area contributed by atoms with Gasteiger partial charge in [-0.2, -0.15) is 0 Å². The number of carbonyl (C=O) groups is 1. The minimum Gasteiger partial charge on any atom is -0.491 e. The molecule has 1 heterocycles. The summed E-state index contributed by atoms with van der Waals surface area (Å²) in [5.74, 6) is 0.726. The molecule has 0 saturated carbocycles. The quantitative estimate of drug-likeness (QED) is 0.863. The molecule has 5 heteroatoms. The lowest BCUT2D eigenvalue weighted by molar-refractivity contribution is -0.120. The van der Waals surface area contributed by atoms with Crippen LogP contribution < -0.4 is 15.4 Å². The van der Waals surface area contributed by atoms with Gasteiger partial charge in [0.25, 0.3) is 0 Å². The van der Waals surface area contributed by atoms with Gasteiger partial charge in [0, 0.05) is 12.2 Å². The van der Waals surface area contributed by atoms with Crippen LogP contribution in [0.2, 0.25) is 0 Å². The van der Waals surface area contributed by atoms with Crippen molar-refractivity contribution in [2.24, 2.45) is 0 Å². The highest BCUT2D eigenvalue weighted by molar-refractivity contribution is 5.95. The minimum absolute atomic E-state index is 0.0720. The summed E-state index contributed by atoms with van der Waals surface area (Å²) in [6, 6.07) is 7.08. The second kappa shape index (κ2) is 6.54. The van der Waals surface area contributed by atoms with E-state index in [1.165, 1.54) is 0 Å². The van der Waals surface area contributed by atoms with Gasteiger partial charge >= 0.3 is 0 Å². The third-order valence-corrected chi connectivity index (χ3v) is 2.73. The molecule has 1 fully saturated rings. The fourth-order valence-electron chi connectivity index (χ4n) is 1.85. The van der Waals surface area contributed by atoms with Gasteiger partial charge in [0.1, 0.15) is 11.8 Å². The van der Waals surface area contributed by atoms with E-state index in [1.807, 2.05) is 38.1 Å². The standard InChI is InChI=1S/C14H20N2O3/c1-10(2)19-12-5-3-11(4-6-12)16-14(17)13-9-18-8-7-15-13/h3-6,10,13,15H,7-9H2,1-2H3,(H,16,17). The molecule has 0 aliphatic carbocycles. The van der Waals surface area contributed by atoms with Crippen molar-refractivity contribution in [1.29, 1.82) is 0 Å². The summed E-state index contributed by atoms with van der Waals surface area (Å²) >= 11 is 0. The number of hydrogen-bond acceptors (Lipinski definition) is 4. The van der Waals surface area contributed by atoms with E-state index in [-0.39, 0.29) is 18.1 Å². The van der Waals surface area contributed by atoms with Crippen LogP contribution in [0.5, 0.6) is 5.75 Å². The molecule has 5 nitrogen and oxygen atoms in total. The number of rotatable bonds is 4.